The Morgan fingerprint density at radius 1 is 0.963 bits per heavy atom. The molecule has 27 heavy (non-hydrogen) atoms. The Labute approximate surface area is 159 Å². The second-order valence-electron chi connectivity index (χ2n) is 6.07. The summed E-state index contributed by atoms with van der Waals surface area (Å²) in [6.07, 6.45) is 0.589. The maximum absolute atomic E-state index is 12.4. The zero-order valence-corrected chi connectivity index (χ0v) is 16.0. The van der Waals surface area contributed by atoms with Crippen LogP contribution in [0.2, 0.25) is 0 Å². The molecule has 0 heterocycles. The van der Waals surface area contributed by atoms with Gasteiger partial charge in [0.15, 0.2) is 6.10 Å². The smallest absolute Gasteiger partial charge is 0.279 e. The van der Waals surface area contributed by atoms with E-state index in [0.717, 1.165) is 12.0 Å². The van der Waals surface area contributed by atoms with Crippen LogP contribution in [0.3, 0.4) is 0 Å². The van der Waals surface area contributed by atoms with Crippen molar-refractivity contribution in [2.24, 2.45) is 0 Å². The maximum Gasteiger partial charge on any atom is 0.279 e. The Morgan fingerprint density at radius 3 is 2.30 bits per heavy atom. The molecular weight excluding hydrogens is 344 g/mol. The minimum atomic E-state index is -0.710. The van der Waals surface area contributed by atoms with Gasteiger partial charge in [-0.1, -0.05) is 44.2 Å². The number of hydrogen-bond donors (Lipinski definition) is 2. The highest BCUT2D eigenvalue weighted by atomic mass is 16.5. The molecule has 144 valence electrons. The second-order valence-corrected chi connectivity index (χ2v) is 6.07. The lowest BCUT2D eigenvalue weighted by Gasteiger charge is -2.19. The van der Waals surface area contributed by atoms with E-state index >= 15 is 0 Å². The minimum Gasteiger partial charge on any atom is -0.493 e. The Bertz CT molecular complexity index is 776. The van der Waals surface area contributed by atoms with E-state index in [0.29, 0.717) is 30.1 Å². The van der Waals surface area contributed by atoms with Gasteiger partial charge in [0.25, 0.3) is 11.8 Å². The lowest BCUT2D eigenvalue weighted by atomic mass is 10.2. The van der Waals surface area contributed by atoms with Crippen LogP contribution in [0, 0.1) is 6.92 Å². The number of hydrazine groups is 1. The molecule has 0 saturated heterocycles. The summed E-state index contributed by atoms with van der Waals surface area (Å²) in [6.45, 7) is 6.26. The predicted molar refractivity (Wildman–Crippen MR) is 104 cm³/mol. The van der Waals surface area contributed by atoms with Gasteiger partial charge in [-0.2, -0.15) is 0 Å². The van der Waals surface area contributed by atoms with Crippen molar-refractivity contribution in [2.75, 3.05) is 6.61 Å². The molecule has 6 heteroatoms. The van der Waals surface area contributed by atoms with Crippen LogP contribution in [0.1, 0.15) is 42.6 Å². The number of hydrogen-bond acceptors (Lipinski definition) is 4. The van der Waals surface area contributed by atoms with Gasteiger partial charge in [-0.05, 0) is 43.5 Å². The predicted octanol–water partition coefficient (Wildman–Crippen LogP) is 3.40. The molecule has 2 rings (SSSR count). The summed E-state index contributed by atoms with van der Waals surface area (Å²) in [5.41, 5.74) is 6.17. The largest absolute Gasteiger partial charge is 0.493 e. The van der Waals surface area contributed by atoms with Crippen molar-refractivity contribution >= 4 is 11.8 Å². The zero-order valence-electron chi connectivity index (χ0n) is 16.0. The van der Waals surface area contributed by atoms with Crippen LogP contribution >= 0.6 is 0 Å². The molecule has 0 aliphatic carbocycles. The molecule has 0 bridgehead atoms. The van der Waals surface area contributed by atoms with Crippen LogP contribution in [-0.2, 0) is 4.79 Å². The lowest BCUT2D eigenvalue weighted by Crippen LogP contribution is -2.48. The monoisotopic (exact) mass is 370 g/mol. The molecule has 1 unspecified atom stereocenters. The molecule has 0 aromatic heterocycles. The fourth-order valence-electron chi connectivity index (χ4n) is 2.42. The number of benzene rings is 2. The summed E-state index contributed by atoms with van der Waals surface area (Å²) in [5, 5.41) is 0. The normalized spacial score (nSPS) is 11.4. The van der Waals surface area contributed by atoms with Crippen molar-refractivity contribution < 1.29 is 19.1 Å². The molecule has 0 fully saturated rings. The van der Waals surface area contributed by atoms with Gasteiger partial charge in [0.05, 0.1) is 12.2 Å². The van der Waals surface area contributed by atoms with Gasteiger partial charge in [0.1, 0.15) is 11.5 Å². The molecule has 0 aliphatic heterocycles. The number of rotatable bonds is 8. The standard InChI is InChI=1S/C21H26N2O4/c1-4-14-26-19-13-9-7-11-16(19)20(24)22-23-21(25)17(5-2)27-18-12-8-6-10-15(18)3/h6-13,17H,4-5,14H2,1-3H3,(H,22,24)(H,23,25). The fourth-order valence-corrected chi connectivity index (χ4v) is 2.42. The number of carbonyl (C=O) groups excluding carboxylic acids is 2. The number of ether oxygens (including phenoxy) is 2. The SMILES string of the molecule is CCCOc1ccccc1C(=O)NNC(=O)C(CC)Oc1ccccc1C. The highest BCUT2D eigenvalue weighted by molar-refractivity contribution is 5.98. The summed E-state index contributed by atoms with van der Waals surface area (Å²) in [6, 6.07) is 14.4. The quantitative estimate of drug-likeness (QED) is 0.698. The van der Waals surface area contributed by atoms with Gasteiger partial charge in [-0.15, -0.1) is 0 Å². The highest BCUT2D eigenvalue weighted by Gasteiger charge is 2.20. The van der Waals surface area contributed by atoms with Crippen LogP contribution < -0.4 is 20.3 Å². The second kappa shape index (κ2) is 10.2. The van der Waals surface area contributed by atoms with Crippen LogP contribution in [0.4, 0.5) is 0 Å². The lowest BCUT2D eigenvalue weighted by molar-refractivity contribution is -0.128. The molecular formula is C21H26N2O4. The van der Waals surface area contributed by atoms with Crippen molar-refractivity contribution in [2.45, 2.75) is 39.7 Å². The van der Waals surface area contributed by atoms with E-state index in [1.165, 1.54) is 0 Å². The first-order valence-electron chi connectivity index (χ1n) is 9.11. The molecule has 2 amide bonds. The number of amides is 2. The van der Waals surface area contributed by atoms with Gasteiger partial charge < -0.3 is 9.47 Å². The molecule has 6 nitrogen and oxygen atoms in total. The van der Waals surface area contributed by atoms with E-state index in [9.17, 15) is 9.59 Å². The van der Waals surface area contributed by atoms with Crippen LogP contribution in [-0.4, -0.2) is 24.5 Å². The van der Waals surface area contributed by atoms with Gasteiger partial charge >= 0.3 is 0 Å². The van der Waals surface area contributed by atoms with Gasteiger partial charge in [-0.3, -0.25) is 20.4 Å². The van der Waals surface area contributed by atoms with Crippen LogP contribution in [0.5, 0.6) is 11.5 Å². The van der Waals surface area contributed by atoms with Crippen LogP contribution in [0.25, 0.3) is 0 Å². The van der Waals surface area contributed by atoms with Crippen molar-refractivity contribution in [3.63, 3.8) is 0 Å². The van der Waals surface area contributed by atoms with Crippen molar-refractivity contribution in [3.8, 4) is 11.5 Å². The van der Waals surface area contributed by atoms with Gasteiger partial charge in [0, 0.05) is 0 Å². The zero-order chi connectivity index (χ0) is 19.6. The van der Waals surface area contributed by atoms with Crippen molar-refractivity contribution in [1.29, 1.82) is 0 Å². The van der Waals surface area contributed by atoms with Crippen LogP contribution in [0.15, 0.2) is 48.5 Å². The number of para-hydroxylation sites is 2. The first kappa shape index (κ1) is 20.3. The minimum absolute atomic E-state index is 0.360. The topological polar surface area (TPSA) is 76.7 Å². The van der Waals surface area contributed by atoms with Crippen molar-refractivity contribution in [3.05, 3.63) is 59.7 Å². The van der Waals surface area contributed by atoms with Gasteiger partial charge in [-0.25, -0.2) is 0 Å². The van der Waals surface area contributed by atoms with E-state index in [-0.39, 0.29) is 0 Å². The summed E-state index contributed by atoms with van der Waals surface area (Å²) >= 11 is 0. The average Bonchev–Trinajstić information content (AvgIpc) is 2.69. The van der Waals surface area contributed by atoms with E-state index < -0.39 is 17.9 Å². The first-order valence-corrected chi connectivity index (χ1v) is 9.11. The molecule has 0 aliphatic rings. The molecule has 2 aromatic carbocycles. The molecule has 0 spiro atoms. The fraction of sp³-hybridized carbons (Fsp3) is 0.333. The Hall–Kier alpha value is -3.02. The number of carbonyl (C=O) groups is 2. The van der Waals surface area contributed by atoms with E-state index in [2.05, 4.69) is 10.9 Å². The summed E-state index contributed by atoms with van der Waals surface area (Å²) in [7, 11) is 0. The number of nitrogens with one attached hydrogen (secondary N) is 2. The van der Waals surface area contributed by atoms with Crippen molar-refractivity contribution in [1.82, 2.24) is 10.9 Å². The first-order chi connectivity index (χ1) is 13.1. The van der Waals surface area contributed by atoms with Gasteiger partial charge in [0.2, 0.25) is 0 Å². The Balaban J connectivity index is 1.97. The molecule has 2 aromatic rings. The summed E-state index contributed by atoms with van der Waals surface area (Å²) < 4.78 is 11.4. The summed E-state index contributed by atoms with van der Waals surface area (Å²) in [4.78, 5) is 24.8. The molecule has 1 atom stereocenters. The van der Waals surface area contributed by atoms with E-state index in [1.54, 1.807) is 24.3 Å². The van der Waals surface area contributed by atoms with E-state index in [4.69, 9.17) is 9.47 Å². The van der Waals surface area contributed by atoms with E-state index in [1.807, 2.05) is 45.0 Å². The average molecular weight is 370 g/mol. The summed E-state index contributed by atoms with van der Waals surface area (Å²) in [5.74, 6) is 0.264. The Morgan fingerprint density at radius 2 is 1.63 bits per heavy atom. The molecule has 2 N–H and O–H groups in total. The molecule has 0 radical (unpaired) electrons. The Kier molecular flexibility index (Phi) is 7.67. The number of aryl methyl sites for hydroxylation is 1. The third kappa shape index (κ3) is 5.74. The third-order valence-corrected chi connectivity index (χ3v) is 3.92. The molecule has 0 saturated carbocycles. The highest BCUT2D eigenvalue weighted by Crippen LogP contribution is 2.19. The maximum atomic E-state index is 12.4. The third-order valence-electron chi connectivity index (χ3n) is 3.92.